The highest BCUT2D eigenvalue weighted by Gasteiger charge is 2.68. The molecule has 0 heterocycles. The lowest BCUT2D eigenvalue weighted by Crippen LogP contribution is -2.27. The Morgan fingerprint density at radius 1 is 0.705 bits per heavy atom. The standard InChI is InChI=1S/C37H61NO6/c1-4-5-6-7-8-9-10-11-12-13-14-15-16-17-18-20-32(39)42-26-29(27-43-33(40)21-19-24-38(2)3)28-44-37(41)36-34-30-22-23-31(25-30)35(34)36/h8-9,11-12,29-31,34-36H,4-7,10,13-28H2,1-3H3/b9-8-,12-11-/t29?,30-,31+,34?,35?,36+. The Balaban J connectivity index is 1.25. The van der Waals surface area contributed by atoms with Gasteiger partial charge in [-0.25, -0.2) is 0 Å². The molecule has 0 amide bonds. The van der Waals surface area contributed by atoms with Crippen LogP contribution in [0.2, 0.25) is 0 Å². The molecule has 0 saturated heterocycles. The smallest absolute Gasteiger partial charge is 0.309 e. The molecule has 3 fully saturated rings. The second-order valence-corrected chi connectivity index (χ2v) is 13.8. The van der Waals surface area contributed by atoms with Crippen molar-refractivity contribution in [3.8, 4) is 0 Å². The van der Waals surface area contributed by atoms with Crippen LogP contribution in [-0.4, -0.2) is 63.3 Å². The maximum atomic E-state index is 12.8. The molecule has 3 saturated carbocycles. The van der Waals surface area contributed by atoms with Crippen molar-refractivity contribution in [2.24, 2.45) is 35.5 Å². The third-order valence-electron chi connectivity index (χ3n) is 9.75. The highest BCUT2D eigenvalue weighted by molar-refractivity contribution is 5.77. The van der Waals surface area contributed by atoms with Crippen molar-refractivity contribution in [3.05, 3.63) is 24.3 Å². The number of esters is 3. The van der Waals surface area contributed by atoms with Crippen LogP contribution in [0.1, 0.15) is 116 Å². The second kappa shape index (κ2) is 20.8. The van der Waals surface area contributed by atoms with E-state index in [-0.39, 0.29) is 49.6 Å². The largest absolute Gasteiger partial charge is 0.465 e. The summed E-state index contributed by atoms with van der Waals surface area (Å²) in [7, 11) is 3.94. The van der Waals surface area contributed by atoms with E-state index in [0.717, 1.165) is 45.1 Å². The van der Waals surface area contributed by atoms with Gasteiger partial charge in [-0.1, -0.05) is 63.3 Å². The zero-order chi connectivity index (χ0) is 31.6. The summed E-state index contributed by atoms with van der Waals surface area (Å²) in [5.74, 6) is 1.54. The van der Waals surface area contributed by atoms with Crippen LogP contribution in [0.25, 0.3) is 0 Å². The van der Waals surface area contributed by atoms with Gasteiger partial charge in [0, 0.05) is 12.8 Å². The topological polar surface area (TPSA) is 82.1 Å². The molecule has 2 bridgehead atoms. The zero-order valence-corrected chi connectivity index (χ0v) is 28.0. The van der Waals surface area contributed by atoms with Crippen molar-refractivity contribution in [2.45, 2.75) is 116 Å². The first-order valence-corrected chi connectivity index (χ1v) is 17.8. The van der Waals surface area contributed by atoms with E-state index < -0.39 is 0 Å². The summed E-state index contributed by atoms with van der Waals surface area (Å²) in [6.45, 7) is 3.35. The van der Waals surface area contributed by atoms with Crippen LogP contribution in [0.3, 0.4) is 0 Å². The van der Waals surface area contributed by atoms with Crippen LogP contribution in [0.4, 0.5) is 0 Å². The fraction of sp³-hybridized carbons (Fsp3) is 0.811. The number of unbranched alkanes of at least 4 members (excludes halogenated alkanes) is 8. The molecule has 0 aromatic carbocycles. The fourth-order valence-electron chi connectivity index (χ4n) is 7.27. The number of allylic oxidation sites excluding steroid dienone is 4. The molecule has 0 spiro atoms. The molecule has 3 unspecified atom stereocenters. The van der Waals surface area contributed by atoms with Gasteiger partial charge in [-0.15, -0.1) is 0 Å². The Morgan fingerprint density at radius 2 is 1.25 bits per heavy atom. The van der Waals surface area contributed by atoms with Gasteiger partial charge < -0.3 is 19.1 Å². The van der Waals surface area contributed by atoms with Crippen LogP contribution < -0.4 is 0 Å². The van der Waals surface area contributed by atoms with Crippen LogP contribution in [0.15, 0.2) is 24.3 Å². The summed E-state index contributed by atoms with van der Waals surface area (Å²) in [4.78, 5) is 39.5. The predicted octanol–water partition coefficient (Wildman–Crippen LogP) is 7.68. The molecule has 250 valence electrons. The highest BCUT2D eigenvalue weighted by Crippen LogP contribution is 2.69. The molecule has 44 heavy (non-hydrogen) atoms. The number of nitrogens with zero attached hydrogens (tertiary/aromatic N) is 1. The quantitative estimate of drug-likeness (QED) is 0.0451. The van der Waals surface area contributed by atoms with E-state index in [2.05, 4.69) is 31.2 Å². The molecule has 0 radical (unpaired) electrons. The summed E-state index contributed by atoms with van der Waals surface area (Å²) in [6.07, 6.45) is 26.9. The molecule has 0 aromatic heterocycles. The van der Waals surface area contributed by atoms with Crippen LogP contribution in [0, 0.1) is 35.5 Å². The summed E-state index contributed by atoms with van der Waals surface area (Å²) in [5.41, 5.74) is 0. The third kappa shape index (κ3) is 13.5. The molecular weight excluding hydrogens is 554 g/mol. The van der Waals surface area contributed by atoms with Gasteiger partial charge in [0.2, 0.25) is 0 Å². The average molecular weight is 616 g/mol. The number of fused-ring (bicyclic) bond motifs is 5. The van der Waals surface area contributed by atoms with Crippen molar-refractivity contribution in [1.82, 2.24) is 4.90 Å². The monoisotopic (exact) mass is 615 g/mol. The lowest BCUT2D eigenvalue weighted by Gasteiger charge is -2.18. The van der Waals surface area contributed by atoms with E-state index in [0.29, 0.717) is 36.5 Å². The number of hydrogen-bond acceptors (Lipinski definition) is 7. The zero-order valence-electron chi connectivity index (χ0n) is 28.0. The highest BCUT2D eigenvalue weighted by atomic mass is 16.6. The Labute approximate surface area is 267 Å². The SMILES string of the molecule is CCCCC/C=C\C/C=C\CCCCCCCC(=O)OCC(COC(=O)CCCN(C)C)COC(=O)[C@H]1C2C1[C@H]1CC[C@@H]2C1. The van der Waals surface area contributed by atoms with Crippen molar-refractivity contribution in [1.29, 1.82) is 0 Å². The van der Waals surface area contributed by atoms with Gasteiger partial charge in [-0.3, -0.25) is 14.4 Å². The molecule has 3 aliphatic rings. The van der Waals surface area contributed by atoms with E-state index in [1.165, 1.54) is 57.8 Å². The van der Waals surface area contributed by atoms with Crippen LogP contribution in [0.5, 0.6) is 0 Å². The minimum atomic E-state index is -0.347. The van der Waals surface area contributed by atoms with Gasteiger partial charge in [0.15, 0.2) is 0 Å². The Bertz CT molecular complexity index is 898. The summed E-state index contributed by atoms with van der Waals surface area (Å²) < 4.78 is 16.8. The van der Waals surface area contributed by atoms with Gasteiger partial charge in [0.1, 0.15) is 19.8 Å². The molecule has 0 N–H and O–H groups in total. The first-order valence-electron chi connectivity index (χ1n) is 17.8. The van der Waals surface area contributed by atoms with Crippen molar-refractivity contribution in [3.63, 3.8) is 0 Å². The average Bonchev–Trinajstić information content (AvgIpc) is 3.44. The number of rotatable bonds is 25. The van der Waals surface area contributed by atoms with Crippen LogP contribution >= 0.6 is 0 Å². The number of ether oxygens (including phenoxy) is 3. The van der Waals surface area contributed by atoms with E-state index in [1.54, 1.807) is 0 Å². The van der Waals surface area contributed by atoms with Crippen LogP contribution in [-0.2, 0) is 28.6 Å². The van der Waals surface area contributed by atoms with Gasteiger partial charge in [-0.2, -0.15) is 0 Å². The van der Waals surface area contributed by atoms with Crippen molar-refractivity contribution in [2.75, 3.05) is 40.5 Å². The second-order valence-electron chi connectivity index (χ2n) is 13.8. The normalized spacial score (nSPS) is 24.2. The van der Waals surface area contributed by atoms with E-state index in [4.69, 9.17) is 14.2 Å². The summed E-state index contributed by atoms with van der Waals surface area (Å²) >= 11 is 0. The minimum Gasteiger partial charge on any atom is -0.465 e. The lowest BCUT2D eigenvalue weighted by atomic mass is 10.0. The molecule has 7 heteroatoms. The van der Waals surface area contributed by atoms with E-state index in [1.807, 2.05) is 19.0 Å². The Hall–Kier alpha value is -2.15. The van der Waals surface area contributed by atoms with Gasteiger partial charge in [0.05, 0.1) is 11.8 Å². The summed E-state index contributed by atoms with van der Waals surface area (Å²) in [6, 6.07) is 0. The summed E-state index contributed by atoms with van der Waals surface area (Å²) in [5, 5.41) is 0. The Kier molecular flexibility index (Phi) is 17.2. The molecule has 6 atom stereocenters. The predicted molar refractivity (Wildman–Crippen MR) is 175 cm³/mol. The number of carbonyl (C=O) groups excluding carboxylic acids is 3. The van der Waals surface area contributed by atoms with Gasteiger partial charge in [-0.05, 0) is 109 Å². The Morgan fingerprint density at radius 3 is 1.86 bits per heavy atom. The fourth-order valence-corrected chi connectivity index (χ4v) is 7.27. The van der Waals surface area contributed by atoms with Crippen molar-refractivity contribution < 1.29 is 28.6 Å². The number of carbonyl (C=O) groups is 3. The maximum Gasteiger partial charge on any atom is 0.309 e. The van der Waals surface area contributed by atoms with E-state index >= 15 is 0 Å². The molecule has 7 nitrogen and oxygen atoms in total. The number of hydrogen-bond donors (Lipinski definition) is 0. The molecule has 3 rings (SSSR count). The van der Waals surface area contributed by atoms with Gasteiger partial charge >= 0.3 is 17.9 Å². The first kappa shape index (κ1) is 36.3. The molecule has 3 aliphatic carbocycles. The van der Waals surface area contributed by atoms with E-state index in [9.17, 15) is 14.4 Å². The van der Waals surface area contributed by atoms with Gasteiger partial charge in [0.25, 0.3) is 0 Å². The minimum absolute atomic E-state index is 0.0521. The molecular formula is C37H61NO6. The first-order chi connectivity index (χ1) is 21.4. The van der Waals surface area contributed by atoms with Crippen molar-refractivity contribution >= 4 is 17.9 Å². The third-order valence-corrected chi connectivity index (χ3v) is 9.75. The molecule has 0 aliphatic heterocycles. The maximum absolute atomic E-state index is 12.8. The molecule has 0 aromatic rings. The lowest BCUT2D eigenvalue weighted by molar-refractivity contribution is -0.154.